The molecule has 0 aliphatic heterocycles. The zero-order valence-corrected chi connectivity index (χ0v) is 7.86. The first-order valence-electron chi connectivity index (χ1n) is 4.84. The Morgan fingerprint density at radius 3 is 2.62 bits per heavy atom. The molecule has 2 atom stereocenters. The lowest BCUT2D eigenvalue weighted by molar-refractivity contribution is -0.133. The van der Waals surface area contributed by atoms with E-state index < -0.39 is 0 Å². The molecule has 0 bridgehead atoms. The molecule has 13 heavy (non-hydrogen) atoms. The third-order valence-corrected chi connectivity index (χ3v) is 3.28. The van der Waals surface area contributed by atoms with Gasteiger partial charge in [0.1, 0.15) is 6.54 Å². The van der Waals surface area contributed by atoms with Crippen LogP contribution < -0.4 is 0 Å². The van der Waals surface area contributed by atoms with E-state index in [1.165, 1.54) is 6.42 Å². The van der Waals surface area contributed by atoms with Crippen molar-refractivity contribution in [1.82, 2.24) is 4.90 Å². The van der Waals surface area contributed by atoms with E-state index in [4.69, 9.17) is 5.26 Å². The Hall–Kier alpha value is -1.04. The van der Waals surface area contributed by atoms with Crippen molar-refractivity contribution in [2.24, 2.45) is 17.8 Å². The SMILES string of the molecule is CN(CC#N)C(=O)C1CC2CC2C1. The van der Waals surface area contributed by atoms with E-state index in [1.807, 2.05) is 6.07 Å². The summed E-state index contributed by atoms with van der Waals surface area (Å²) in [5.41, 5.74) is 0. The highest BCUT2D eigenvalue weighted by atomic mass is 16.2. The van der Waals surface area contributed by atoms with Crippen LogP contribution in [0.5, 0.6) is 0 Å². The topological polar surface area (TPSA) is 44.1 Å². The fraction of sp³-hybridized carbons (Fsp3) is 0.800. The van der Waals surface area contributed by atoms with Crippen molar-refractivity contribution in [1.29, 1.82) is 5.26 Å². The summed E-state index contributed by atoms with van der Waals surface area (Å²) in [6.07, 6.45) is 3.48. The summed E-state index contributed by atoms with van der Waals surface area (Å²) >= 11 is 0. The van der Waals surface area contributed by atoms with Gasteiger partial charge in [0.2, 0.25) is 5.91 Å². The summed E-state index contributed by atoms with van der Waals surface area (Å²) in [6, 6.07) is 2.00. The van der Waals surface area contributed by atoms with Gasteiger partial charge in [0.05, 0.1) is 6.07 Å². The monoisotopic (exact) mass is 178 g/mol. The molecule has 0 spiro atoms. The van der Waals surface area contributed by atoms with E-state index in [-0.39, 0.29) is 18.4 Å². The lowest BCUT2D eigenvalue weighted by atomic mass is 10.0. The number of nitrogens with zero attached hydrogens (tertiary/aromatic N) is 2. The number of fused-ring (bicyclic) bond motifs is 1. The number of rotatable bonds is 2. The van der Waals surface area contributed by atoms with Crippen LogP contribution in [-0.2, 0) is 4.79 Å². The molecule has 2 saturated carbocycles. The average Bonchev–Trinajstić information content (AvgIpc) is 2.73. The quantitative estimate of drug-likeness (QED) is 0.592. The third kappa shape index (κ3) is 1.53. The summed E-state index contributed by atoms with van der Waals surface area (Å²) in [4.78, 5) is 13.2. The zero-order chi connectivity index (χ0) is 9.42. The van der Waals surface area contributed by atoms with Gasteiger partial charge < -0.3 is 4.90 Å². The molecule has 2 rings (SSSR count). The van der Waals surface area contributed by atoms with Crippen LogP contribution >= 0.6 is 0 Å². The Balaban J connectivity index is 1.87. The van der Waals surface area contributed by atoms with Crippen molar-refractivity contribution in [3.8, 4) is 6.07 Å². The van der Waals surface area contributed by atoms with Crippen molar-refractivity contribution < 1.29 is 4.79 Å². The van der Waals surface area contributed by atoms with Gasteiger partial charge in [-0.15, -0.1) is 0 Å². The molecule has 0 aromatic rings. The predicted octanol–water partition coefficient (Wildman–Crippen LogP) is 1.01. The number of carbonyl (C=O) groups is 1. The molecule has 2 aliphatic carbocycles. The van der Waals surface area contributed by atoms with Gasteiger partial charge in [0.15, 0.2) is 0 Å². The van der Waals surface area contributed by atoms with Crippen LogP contribution in [0, 0.1) is 29.1 Å². The Bertz CT molecular complexity index is 259. The van der Waals surface area contributed by atoms with Crippen molar-refractivity contribution >= 4 is 5.91 Å². The second-order valence-electron chi connectivity index (χ2n) is 4.28. The molecule has 70 valence electrons. The number of amides is 1. The molecule has 0 N–H and O–H groups in total. The van der Waals surface area contributed by atoms with Gasteiger partial charge in [0, 0.05) is 13.0 Å². The van der Waals surface area contributed by atoms with Gasteiger partial charge in [-0.1, -0.05) is 0 Å². The van der Waals surface area contributed by atoms with Gasteiger partial charge in [-0.25, -0.2) is 0 Å². The van der Waals surface area contributed by atoms with E-state index in [0.717, 1.165) is 24.7 Å². The predicted molar refractivity (Wildman–Crippen MR) is 47.6 cm³/mol. The number of carbonyl (C=O) groups excluding carboxylic acids is 1. The smallest absolute Gasteiger partial charge is 0.226 e. The lowest BCUT2D eigenvalue weighted by Gasteiger charge is -2.18. The molecule has 0 aromatic carbocycles. The second kappa shape index (κ2) is 3.02. The minimum atomic E-state index is 0.175. The zero-order valence-electron chi connectivity index (χ0n) is 7.86. The summed E-state index contributed by atoms with van der Waals surface area (Å²) in [7, 11) is 1.72. The van der Waals surface area contributed by atoms with Gasteiger partial charge in [-0.05, 0) is 31.1 Å². The van der Waals surface area contributed by atoms with Crippen molar-refractivity contribution in [2.75, 3.05) is 13.6 Å². The van der Waals surface area contributed by atoms with E-state index in [9.17, 15) is 4.79 Å². The van der Waals surface area contributed by atoms with Crippen LogP contribution in [0.4, 0.5) is 0 Å². The fourth-order valence-corrected chi connectivity index (χ4v) is 2.41. The first-order valence-corrected chi connectivity index (χ1v) is 4.84. The van der Waals surface area contributed by atoms with E-state index in [2.05, 4.69) is 0 Å². The number of nitriles is 1. The average molecular weight is 178 g/mol. The maximum absolute atomic E-state index is 11.7. The van der Waals surface area contributed by atoms with Crippen LogP contribution in [0.15, 0.2) is 0 Å². The molecule has 0 aromatic heterocycles. The second-order valence-corrected chi connectivity index (χ2v) is 4.28. The molecule has 0 saturated heterocycles. The normalized spacial score (nSPS) is 34.9. The maximum Gasteiger partial charge on any atom is 0.226 e. The summed E-state index contributed by atoms with van der Waals surface area (Å²) in [5, 5.41) is 8.45. The minimum absolute atomic E-state index is 0.175. The van der Waals surface area contributed by atoms with Crippen LogP contribution in [0.2, 0.25) is 0 Å². The maximum atomic E-state index is 11.7. The fourth-order valence-electron chi connectivity index (χ4n) is 2.41. The van der Waals surface area contributed by atoms with Gasteiger partial charge in [-0.3, -0.25) is 4.79 Å². The number of hydrogen-bond donors (Lipinski definition) is 0. The molecule has 2 unspecified atom stereocenters. The lowest BCUT2D eigenvalue weighted by Crippen LogP contribution is -2.32. The van der Waals surface area contributed by atoms with Crippen molar-refractivity contribution in [3.63, 3.8) is 0 Å². The molecule has 0 radical (unpaired) electrons. The third-order valence-electron chi connectivity index (χ3n) is 3.28. The molecular formula is C10H14N2O. The first-order chi connectivity index (χ1) is 6.22. The molecule has 3 heteroatoms. The van der Waals surface area contributed by atoms with Gasteiger partial charge in [0.25, 0.3) is 0 Å². The van der Waals surface area contributed by atoms with Crippen LogP contribution in [-0.4, -0.2) is 24.4 Å². The summed E-state index contributed by atoms with van der Waals surface area (Å²) in [5.74, 6) is 2.07. The van der Waals surface area contributed by atoms with Gasteiger partial charge >= 0.3 is 0 Å². The van der Waals surface area contributed by atoms with E-state index >= 15 is 0 Å². The highest BCUT2D eigenvalue weighted by Crippen LogP contribution is 2.54. The molecule has 2 fully saturated rings. The van der Waals surface area contributed by atoms with Crippen LogP contribution in [0.25, 0.3) is 0 Å². The van der Waals surface area contributed by atoms with Crippen molar-refractivity contribution in [2.45, 2.75) is 19.3 Å². The largest absolute Gasteiger partial charge is 0.332 e. The highest BCUT2D eigenvalue weighted by molar-refractivity contribution is 5.79. The van der Waals surface area contributed by atoms with Crippen molar-refractivity contribution in [3.05, 3.63) is 0 Å². The number of hydrogen-bond acceptors (Lipinski definition) is 2. The van der Waals surface area contributed by atoms with E-state index in [1.54, 1.807) is 11.9 Å². The molecule has 3 nitrogen and oxygen atoms in total. The highest BCUT2D eigenvalue weighted by Gasteiger charge is 2.48. The Labute approximate surface area is 78.3 Å². The van der Waals surface area contributed by atoms with Crippen LogP contribution in [0.3, 0.4) is 0 Å². The summed E-state index contributed by atoms with van der Waals surface area (Å²) in [6.45, 7) is 0.227. The summed E-state index contributed by atoms with van der Waals surface area (Å²) < 4.78 is 0. The molecule has 2 aliphatic rings. The Morgan fingerprint density at radius 1 is 1.46 bits per heavy atom. The Kier molecular flexibility index (Phi) is 1.99. The standard InChI is InChI=1S/C10H14N2O/c1-12(3-2-11)10(13)9-5-7-4-8(7)6-9/h7-9H,3-6H2,1H3. The molecular weight excluding hydrogens is 164 g/mol. The minimum Gasteiger partial charge on any atom is -0.332 e. The Morgan fingerprint density at radius 2 is 2.08 bits per heavy atom. The van der Waals surface area contributed by atoms with E-state index in [0.29, 0.717) is 0 Å². The molecule has 1 amide bonds. The first kappa shape index (κ1) is 8.55. The molecule has 0 heterocycles. The van der Waals surface area contributed by atoms with Crippen LogP contribution in [0.1, 0.15) is 19.3 Å². The van der Waals surface area contributed by atoms with Gasteiger partial charge in [-0.2, -0.15) is 5.26 Å².